The zero-order chi connectivity index (χ0) is 15.0. The van der Waals surface area contributed by atoms with E-state index in [0.717, 1.165) is 6.42 Å². The second-order valence-corrected chi connectivity index (χ2v) is 5.19. The summed E-state index contributed by atoms with van der Waals surface area (Å²) in [4.78, 5) is 35.3. The quantitative estimate of drug-likeness (QED) is 0.685. The number of carbonyl (C=O) groups is 3. The first kappa shape index (κ1) is 16.2. The molecule has 1 heterocycles. The number of rotatable bonds is 7. The molecule has 0 bridgehead atoms. The standard InChI is InChI=1S/C13H19N3O3S/c1-3-6-14-11(17)8-15-12(18)9(2)16-13(19)10-5-4-7-20-10/h4-5,7,9H,3,6,8H2,1-2H3,(H,14,17)(H,15,18)(H,16,19). The molecule has 0 fully saturated rings. The van der Waals surface area contributed by atoms with Crippen molar-refractivity contribution in [2.75, 3.05) is 13.1 Å². The highest BCUT2D eigenvalue weighted by atomic mass is 32.1. The molecule has 110 valence electrons. The summed E-state index contributed by atoms with van der Waals surface area (Å²) in [6.07, 6.45) is 0.840. The van der Waals surface area contributed by atoms with Crippen molar-refractivity contribution in [1.29, 1.82) is 0 Å². The summed E-state index contributed by atoms with van der Waals surface area (Å²) in [5.41, 5.74) is 0. The highest BCUT2D eigenvalue weighted by molar-refractivity contribution is 7.12. The van der Waals surface area contributed by atoms with Gasteiger partial charge in [-0.25, -0.2) is 0 Å². The summed E-state index contributed by atoms with van der Waals surface area (Å²) in [5.74, 6) is -0.920. The number of hydrogen-bond donors (Lipinski definition) is 3. The first-order valence-electron chi connectivity index (χ1n) is 6.43. The van der Waals surface area contributed by atoms with Crippen LogP contribution in [0.4, 0.5) is 0 Å². The third kappa shape index (κ3) is 5.40. The van der Waals surface area contributed by atoms with Crippen LogP contribution in [0.2, 0.25) is 0 Å². The summed E-state index contributed by atoms with van der Waals surface area (Å²) >= 11 is 1.30. The van der Waals surface area contributed by atoms with Crippen LogP contribution in [0.25, 0.3) is 0 Å². The summed E-state index contributed by atoms with van der Waals surface area (Å²) in [5, 5.41) is 9.50. The normalized spacial score (nSPS) is 11.5. The maximum atomic E-state index is 11.7. The van der Waals surface area contributed by atoms with Crippen LogP contribution in [0, 0.1) is 0 Å². The summed E-state index contributed by atoms with van der Waals surface area (Å²) in [6.45, 7) is 4.02. The molecule has 0 aliphatic heterocycles. The van der Waals surface area contributed by atoms with Gasteiger partial charge in [0.25, 0.3) is 5.91 Å². The van der Waals surface area contributed by atoms with Gasteiger partial charge in [0.05, 0.1) is 11.4 Å². The molecule has 0 aromatic carbocycles. The first-order valence-corrected chi connectivity index (χ1v) is 7.31. The molecule has 1 aromatic heterocycles. The van der Waals surface area contributed by atoms with Crippen molar-refractivity contribution in [2.45, 2.75) is 26.3 Å². The second-order valence-electron chi connectivity index (χ2n) is 4.24. The van der Waals surface area contributed by atoms with Crippen LogP contribution in [0.15, 0.2) is 17.5 Å². The van der Waals surface area contributed by atoms with Gasteiger partial charge in [-0.05, 0) is 24.8 Å². The minimum atomic E-state index is -0.691. The number of hydrogen-bond acceptors (Lipinski definition) is 4. The van der Waals surface area contributed by atoms with Crippen LogP contribution in [-0.2, 0) is 9.59 Å². The molecule has 0 saturated carbocycles. The van der Waals surface area contributed by atoms with E-state index in [9.17, 15) is 14.4 Å². The lowest BCUT2D eigenvalue weighted by Gasteiger charge is -2.13. The van der Waals surface area contributed by atoms with Crippen LogP contribution in [-0.4, -0.2) is 36.9 Å². The molecule has 3 N–H and O–H groups in total. The van der Waals surface area contributed by atoms with E-state index in [1.165, 1.54) is 11.3 Å². The minimum Gasteiger partial charge on any atom is -0.355 e. The van der Waals surface area contributed by atoms with Gasteiger partial charge in [0.15, 0.2) is 0 Å². The van der Waals surface area contributed by atoms with Gasteiger partial charge in [0, 0.05) is 6.54 Å². The summed E-state index contributed by atoms with van der Waals surface area (Å²) in [6, 6.07) is 2.76. The summed E-state index contributed by atoms with van der Waals surface area (Å²) in [7, 11) is 0. The van der Waals surface area contributed by atoms with Crippen molar-refractivity contribution in [3.63, 3.8) is 0 Å². The Labute approximate surface area is 121 Å². The highest BCUT2D eigenvalue weighted by Crippen LogP contribution is 2.07. The topological polar surface area (TPSA) is 87.3 Å². The zero-order valence-corrected chi connectivity index (χ0v) is 12.4. The van der Waals surface area contributed by atoms with E-state index in [0.29, 0.717) is 11.4 Å². The smallest absolute Gasteiger partial charge is 0.261 e. The van der Waals surface area contributed by atoms with Crippen molar-refractivity contribution < 1.29 is 14.4 Å². The van der Waals surface area contributed by atoms with Crippen LogP contribution < -0.4 is 16.0 Å². The molecular formula is C13H19N3O3S. The van der Waals surface area contributed by atoms with Crippen molar-refractivity contribution in [3.05, 3.63) is 22.4 Å². The number of thiophene rings is 1. The third-order valence-corrected chi connectivity index (χ3v) is 3.35. The van der Waals surface area contributed by atoms with E-state index in [-0.39, 0.29) is 24.3 Å². The molecule has 0 aliphatic rings. The predicted octanol–water partition coefficient (Wildman–Crippen LogP) is 0.509. The van der Waals surface area contributed by atoms with Crippen molar-refractivity contribution >= 4 is 29.1 Å². The molecule has 3 amide bonds. The van der Waals surface area contributed by atoms with E-state index in [4.69, 9.17) is 0 Å². The molecule has 1 rings (SSSR count). The second kappa shape index (κ2) is 8.31. The van der Waals surface area contributed by atoms with E-state index in [2.05, 4.69) is 16.0 Å². The molecular weight excluding hydrogens is 278 g/mol. The van der Waals surface area contributed by atoms with E-state index >= 15 is 0 Å². The Hall–Kier alpha value is -1.89. The maximum absolute atomic E-state index is 11.7. The van der Waals surface area contributed by atoms with Gasteiger partial charge in [0.1, 0.15) is 6.04 Å². The summed E-state index contributed by atoms with van der Waals surface area (Å²) < 4.78 is 0. The van der Waals surface area contributed by atoms with Gasteiger partial charge in [-0.15, -0.1) is 11.3 Å². The monoisotopic (exact) mass is 297 g/mol. The lowest BCUT2D eigenvalue weighted by Crippen LogP contribution is -2.47. The lowest BCUT2D eigenvalue weighted by atomic mass is 10.3. The fourth-order valence-electron chi connectivity index (χ4n) is 1.39. The van der Waals surface area contributed by atoms with Gasteiger partial charge in [-0.1, -0.05) is 13.0 Å². The molecule has 7 heteroatoms. The van der Waals surface area contributed by atoms with Gasteiger partial charge in [-0.2, -0.15) is 0 Å². The van der Waals surface area contributed by atoms with Crippen molar-refractivity contribution in [2.24, 2.45) is 0 Å². The van der Waals surface area contributed by atoms with Gasteiger partial charge in [0.2, 0.25) is 11.8 Å². The molecule has 0 saturated heterocycles. The average molecular weight is 297 g/mol. The van der Waals surface area contributed by atoms with E-state index < -0.39 is 6.04 Å². The largest absolute Gasteiger partial charge is 0.355 e. The highest BCUT2D eigenvalue weighted by Gasteiger charge is 2.17. The molecule has 1 unspecified atom stereocenters. The first-order chi connectivity index (χ1) is 9.54. The van der Waals surface area contributed by atoms with Gasteiger partial charge < -0.3 is 16.0 Å². The van der Waals surface area contributed by atoms with Crippen LogP contribution in [0.1, 0.15) is 29.9 Å². The Bertz CT molecular complexity index is 459. The zero-order valence-electron chi connectivity index (χ0n) is 11.6. The fraction of sp³-hybridized carbons (Fsp3) is 0.462. The van der Waals surface area contributed by atoms with Crippen molar-refractivity contribution in [1.82, 2.24) is 16.0 Å². The maximum Gasteiger partial charge on any atom is 0.261 e. The van der Waals surface area contributed by atoms with Crippen LogP contribution >= 0.6 is 11.3 Å². The molecule has 20 heavy (non-hydrogen) atoms. The Morgan fingerprint density at radius 3 is 2.65 bits per heavy atom. The number of nitrogens with one attached hydrogen (secondary N) is 3. The molecule has 0 aliphatic carbocycles. The predicted molar refractivity (Wildman–Crippen MR) is 77.6 cm³/mol. The van der Waals surface area contributed by atoms with Crippen molar-refractivity contribution in [3.8, 4) is 0 Å². The lowest BCUT2D eigenvalue weighted by molar-refractivity contribution is -0.126. The SMILES string of the molecule is CCCNC(=O)CNC(=O)C(C)NC(=O)c1cccs1. The minimum absolute atomic E-state index is 0.0853. The van der Waals surface area contributed by atoms with Gasteiger partial charge in [-0.3, -0.25) is 14.4 Å². The van der Waals surface area contributed by atoms with Crippen LogP contribution in [0.5, 0.6) is 0 Å². The van der Waals surface area contributed by atoms with Crippen LogP contribution in [0.3, 0.4) is 0 Å². The Morgan fingerprint density at radius 1 is 1.30 bits per heavy atom. The number of carbonyl (C=O) groups excluding carboxylic acids is 3. The molecule has 0 radical (unpaired) electrons. The third-order valence-electron chi connectivity index (χ3n) is 2.48. The fourth-order valence-corrected chi connectivity index (χ4v) is 2.02. The van der Waals surface area contributed by atoms with E-state index in [1.54, 1.807) is 24.4 Å². The Morgan fingerprint density at radius 2 is 2.05 bits per heavy atom. The van der Waals surface area contributed by atoms with Gasteiger partial charge >= 0.3 is 0 Å². The molecule has 1 atom stereocenters. The molecule has 0 spiro atoms. The number of amides is 3. The molecule has 1 aromatic rings. The molecule has 6 nitrogen and oxygen atoms in total. The average Bonchev–Trinajstić information content (AvgIpc) is 2.96. The Kier molecular flexibility index (Phi) is 6.72. The Balaban J connectivity index is 2.32. The van der Waals surface area contributed by atoms with E-state index in [1.807, 2.05) is 6.92 Å².